The third-order valence-corrected chi connectivity index (χ3v) is 2.07. The molecule has 0 heterocycles. The van der Waals surface area contributed by atoms with E-state index < -0.39 is 22.8 Å². The minimum Gasteiger partial charge on any atom is -0.494 e. The van der Waals surface area contributed by atoms with Crippen LogP contribution in [-0.2, 0) is 0 Å². The standard InChI is InChI=1S/C10H9ClF2O2/c1-5(11)10(14)6-3-8(13)9(15-2)4-7(6)12/h3-5H,1-2H3. The van der Waals surface area contributed by atoms with E-state index in [-0.39, 0.29) is 11.3 Å². The lowest BCUT2D eigenvalue weighted by Crippen LogP contribution is -2.13. The summed E-state index contributed by atoms with van der Waals surface area (Å²) in [6.07, 6.45) is 0. The molecule has 5 heteroatoms. The van der Waals surface area contributed by atoms with E-state index in [1.54, 1.807) is 0 Å². The lowest BCUT2D eigenvalue weighted by atomic mass is 10.1. The molecule has 15 heavy (non-hydrogen) atoms. The molecule has 1 atom stereocenters. The topological polar surface area (TPSA) is 26.3 Å². The van der Waals surface area contributed by atoms with Crippen LogP contribution < -0.4 is 4.74 Å². The third kappa shape index (κ3) is 2.45. The van der Waals surface area contributed by atoms with Gasteiger partial charge >= 0.3 is 0 Å². The summed E-state index contributed by atoms with van der Waals surface area (Å²) >= 11 is 5.49. The molecule has 0 spiro atoms. The summed E-state index contributed by atoms with van der Waals surface area (Å²) in [5.41, 5.74) is -0.365. The highest BCUT2D eigenvalue weighted by molar-refractivity contribution is 6.33. The summed E-state index contributed by atoms with van der Waals surface area (Å²) in [7, 11) is 1.21. The molecule has 0 aliphatic rings. The fourth-order valence-corrected chi connectivity index (χ4v) is 1.21. The van der Waals surface area contributed by atoms with Gasteiger partial charge in [0.2, 0.25) is 0 Å². The highest BCUT2D eigenvalue weighted by Crippen LogP contribution is 2.22. The van der Waals surface area contributed by atoms with Crippen molar-refractivity contribution >= 4 is 17.4 Å². The van der Waals surface area contributed by atoms with Gasteiger partial charge in [-0.25, -0.2) is 8.78 Å². The fraction of sp³-hybridized carbons (Fsp3) is 0.300. The van der Waals surface area contributed by atoms with Gasteiger partial charge in [-0.3, -0.25) is 4.79 Å². The van der Waals surface area contributed by atoms with E-state index in [2.05, 4.69) is 4.74 Å². The highest BCUT2D eigenvalue weighted by atomic mass is 35.5. The first-order valence-electron chi connectivity index (χ1n) is 4.18. The zero-order chi connectivity index (χ0) is 11.6. The van der Waals surface area contributed by atoms with E-state index in [4.69, 9.17) is 11.6 Å². The zero-order valence-corrected chi connectivity index (χ0v) is 8.94. The number of carbonyl (C=O) groups excluding carboxylic acids is 1. The summed E-state index contributed by atoms with van der Waals surface area (Å²) in [6, 6.07) is 1.61. The van der Waals surface area contributed by atoms with E-state index in [0.717, 1.165) is 12.1 Å². The number of methoxy groups -OCH3 is 1. The lowest BCUT2D eigenvalue weighted by Gasteiger charge is -2.07. The molecule has 1 unspecified atom stereocenters. The summed E-state index contributed by atoms with van der Waals surface area (Å²) < 4.78 is 31.0. The molecule has 0 saturated heterocycles. The van der Waals surface area contributed by atoms with Crippen molar-refractivity contribution in [2.45, 2.75) is 12.3 Å². The molecule has 2 nitrogen and oxygen atoms in total. The summed E-state index contributed by atoms with van der Waals surface area (Å²) in [5.74, 6) is -2.53. The average molecular weight is 235 g/mol. The number of rotatable bonds is 3. The lowest BCUT2D eigenvalue weighted by molar-refractivity contribution is 0.0987. The molecular weight excluding hydrogens is 226 g/mol. The van der Waals surface area contributed by atoms with Crippen LogP contribution in [0.5, 0.6) is 5.75 Å². The maximum atomic E-state index is 13.3. The predicted molar refractivity (Wildman–Crippen MR) is 52.6 cm³/mol. The Morgan fingerprint density at radius 2 is 2.00 bits per heavy atom. The molecule has 0 amide bonds. The van der Waals surface area contributed by atoms with Crippen LogP contribution in [0.4, 0.5) is 8.78 Å². The number of Topliss-reactive ketones (excluding diaryl/α,β-unsaturated/α-hetero) is 1. The Hall–Kier alpha value is -1.16. The Balaban J connectivity index is 3.22. The van der Waals surface area contributed by atoms with E-state index >= 15 is 0 Å². The van der Waals surface area contributed by atoms with Crippen LogP contribution >= 0.6 is 11.6 Å². The first-order valence-corrected chi connectivity index (χ1v) is 4.62. The monoisotopic (exact) mass is 234 g/mol. The molecule has 0 aliphatic carbocycles. The van der Waals surface area contributed by atoms with E-state index in [0.29, 0.717) is 0 Å². The van der Waals surface area contributed by atoms with Gasteiger partial charge < -0.3 is 4.74 Å². The van der Waals surface area contributed by atoms with Crippen LogP contribution in [0.2, 0.25) is 0 Å². The van der Waals surface area contributed by atoms with Crippen LogP contribution in [0.1, 0.15) is 17.3 Å². The van der Waals surface area contributed by atoms with Gasteiger partial charge in [-0.2, -0.15) is 0 Å². The summed E-state index contributed by atoms with van der Waals surface area (Å²) in [6.45, 7) is 1.39. The van der Waals surface area contributed by atoms with Crippen LogP contribution in [0.25, 0.3) is 0 Å². The molecule has 0 fully saturated rings. The second-order valence-corrected chi connectivity index (χ2v) is 3.60. The molecule has 0 N–H and O–H groups in total. The molecule has 0 saturated carbocycles. The van der Waals surface area contributed by atoms with Gasteiger partial charge in [0.25, 0.3) is 0 Å². The van der Waals surface area contributed by atoms with Gasteiger partial charge in [0, 0.05) is 6.07 Å². The van der Waals surface area contributed by atoms with Crippen molar-refractivity contribution in [3.05, 3.63) is 29.3 Å². The van der Waals surface area contributed by atoms with Crippen LogP contribution in [0, 0.1) is 11.6 Å². The number of ketones is 1. The smallest absolute Gasteiger partial charge is 0.183 e. The van der Waals surface area contributed by atoms with E-state index in [9.17, 15) is 13.6 Å². The maximum absolute atomic E-state index is 13.3. The quantitative estimate of drug-likeness (QED) is 0.594. The number of hydrogen-bond donors (Lipinski definition) is 0. The molecule has 0 aliphatic heterocycles. The molecular formula is C10H9ClF2O2. The third-order valence-electron chi connectivity index (χ3n) is 1.87. The second-order valence-electron chi connectivity index (χ2n) is 2.95. The van der Waals surface area contributed by atoms with Crippen molar-refractivity contribution in [2.75, 3.05) is 7.11 Å². The second kappa shape index (κ2) is 4.57. The summed E-state index contributed by atoms with van der Waals surface area (Å²) in [4.78, 5) is 11.3. The van der Waals surface area contributed by atoms with Gasteiger partial charge in [0.15, 0.2) is 17.3 Å². The number of carbonyl (C=O) groups is 1. The zero-order valence-electron chi connectivity index (χ0n) is 8.18. The first-order chi connectivity index (χ1) is 6.97. The highest BCUT2D eigenvalue weighted by Gasteiger charge is 2.19. The van der Waals surface area contributed by atoms with Crippen molar-refractivity contribution in [2.24, 2.45) is 0 Å². The van der Waals surface area contributed by atoms with Gasteiger partial charge in [-0.1, -0.05) is 0 Å². The van der Waals surface area contributed by atoms with E-state index in [1.807, 2.05) is 0 Å². The predicted octanol–water partition coefficient (Wildman–Crippen LogP) is 2.78. The Bertz CT molecular complexity index is 391. The number of halogens is 3. The molecule has 1 aromatic rings. The largest absolute Gasteiger partial charge is 0.494 e. The molecule has 0 radical (unpaired) electrons. The van der Waals surface area contributed by atoms with E-state index in [1.165, 1.54) is 14.0 Å². The average Bonchev–Trinajstić information content (AvgIpc) is 2.19. The molecule has 0 bridgehead atoms. The van der Waals surface area contributed by atoms with Crippen LogP contribution in [0.15, 0.2) is 12.1 Å². The van der Waals surface area contributed by atoms with Crippen LogP contribution in [0.3, 0.4) is 0 Å². The summed E-state index contributed by atoms with van der Waals surface area (Å²) in [5, 5.41) is -0.896. The minimum atomic E-state index is -0.896. The fourth-order valence-electron chi connectivity index (χ4n) is 1.09. The first kappa shape index (κ1) is 11.9. The van der Waals surface area contributed by atoms with Crippen molar-refractivity contribution in [3.8, 4) is 5.75 Å². The van der Waals surface area contributed by atoms with Crippen molar-refractivity contribution < 1.29 is 18.3 Å². The number of benzene rings is 1. The SMILES string of the molecule is COc1cc(F)c(C(=O)C(C)Cl)cc1F. The molecule has 1 aromatic carbocycles. The van der Waals surface area contributed by atoms with Gasteiger partial charge in [-0.05, 0) is 13.0 Å². The Morgan fingerprint density at radius 1 is 1.40 bits per heavy atom. The van der Waals surface area contributed by atoms with Crippen molar-refractivity contribution in [1.82, 2.24) is 0 Å². The molecule has 0 aromatic heterocycles. The van der Waals surface area contributed by atoms with Gasteiger partial charge in [0.1, 0.15) is 5.82 Å². The molecule has 1 rings (SSSR count). The number of alkyl halides is 1. The number of hydrogen-bond acceptors (Lipinski definition) is 2. The van der Waals surface area contributed by atoms with Gasteiger partial charge in [-0.15, -0.1) is 11.6 Å². The Labute approximate surface area is 90.8 Å². The van der Waals surface area contributed by atoms with Crippen molar-refractivity contribution in [3.63, 3.8) is 0 Å². The minimum absolute atomic E-state index is 0.244. The van der Waals surface area contributed by atoms with Gasteiger partial charge in [0.05, 0.1) is 18.1 Å². The van der Waals surface area contributed by atoms with Crippen LogP contribution in [-0.4, -0.2) is 18.3 Å². The number of ether oxygens (including phenoxy) is 1. The Kier molecular flexibility index (Phi) is 3.63. The Morgan fingerprint density at radius 3 is 2.47 bits per heavy atom. The maximum Gasteiger partial charge on any atom is 0.183 e. The normalized spacial score (nSPS) is 12.3. The molecule has 82 valence electrons. The van der Waals surface area contributed by atoms with Crippen molar-refractivity contribution in [1.29, 1.82) is 0 Å².